The van der Waals surface area contributed by atoms with Gasteiger partial charge in [-0.3, -0.25) is 0 Å². The zero-order valence-corrected chi connectivity index (χ0v) is 12.2. The molecule has 2 N–H and O–H groups in total. The van der Waals surface area contributed by atoms with Crippen LogP contribution in [0.4, 0.5) is 5.69 Å². The van der Waals surface area contributed by atoms with E-state index in [1.807, 2.05) is 19.1 Å². The summed E-state index contributed by atoms with van der Waals surface area (Å²) in [5.74, 6) is 0.727. The number of thiophene rings is 1. The maximum Gasteiger partial charge on any atom is 0.128 e. The van der Waals surface area contributed by atoms with Gasteiger partial charge in [0.15, 0.2) is 0 Å². The van der Waals surface area contributed by atoms with Gasteiger partial charge in [-0.05, 0) is 30.2 Å². The molecular formula is C14H13ClN2OS. The summed E-state index contributed by atoms with van der Waals surface area (Å²) >= 11 is 7.43. The summed E-state index contributed by atoms with van der Waals surface area (Å²) in [7, 11) is 1.61. The number of nitrogens with two attached hydrogens (primary N) is 1. The summed E-state index contributed by atoms with van der Waals surface area (Å²) in [6.07, 6.45) is 0.759. The van der Waals surface area contributed by atoms with Crippen molar-refractivity contribution in [1.82, 2.24) is 0 Å². The van der Waals surface area contributed by atoms with Crippen LogP contribution in [-0.4, -0.2) is 7.11 Å². The first-order valence-electron chi connectivity index (χ1n) is 5.77. The Hall–Kier alpha value is -1.70. The van der Waals surface area contributed by atoms with Crippen molar-refractivity contribution >= 4 is 28.6 Å². The predicted molar refractivity (Wildman–Crippen MR) is 79.8 cm³/mol. The van der Waals surface area contributed by atoms with Crippen molar-refractivity contribution in [2.45, 2.75) is 13.3 Å². The van der Waals surface area contributed by atoms with Gasteiger partial charge in [0.2, 0.25) is 0 Å². The first kappa shape index (κ1) is 13.7. The molecule has 0 aliphatic heterocycles. The van der Waals surface area contributed by atoms with E-state index in [1.54, 1.807) is 13.2 Å². The van der Waals surface area contributed by atoms with E-state index in [9.17, 15) is 0 Å². The highest BCUT2D eigenvalue weighted by atomic mass is 35.5. The first-order valence-corrected chi connectivity index (χ1v) is 6.97. The van der Waals surface area contributed by atoms with Crippen molar-refractivity contribution in [2.24, 2.45) is 0 Å². The van der Waals surface area contributed by atoms with E-state index in [0.29, 0.717) is 15.6 Å². The quantitative estimate of drug-likeness (QED) is 0.927. The average Bonchev–Trinajstić information content (AvgIpc) is 2.74. The van der Waals surface area contributed by atoms with E-state index in [-0.39, 0.29) is 0 Å². The van der Waals surface area contributed by atoms with Crippen molar-refractivity contribution in [3.8, 4) is 22.3 Å². The zero-order chi connectivity index (χ0) is 14.0. The van der Waals surface area contributed by atoms with E-state index in [0.717, 1.165) is 28.2 Å². The standard InChI is InChI=1S/C14H13ClN2OS/c1-3-9-13(17)12(7-16)19-14(9)10-6-8(15)4-5-11(10)18-2/h4-6H,3,17H2,1-2H3. The van der Waals surface area contributed by atoms with Crippen LogP contribution in [0.1, 0.15) is 17.4 Å². The number of hydrogen-bond acceptors (Lipinski definition) is 4. The van der Waals surface area contributed by atoms with E-state index in [4.69, 9.17) is 27.3 Å². The van der Waals surface area contributed by atoms with Gasteiger partial charge in [-0.1, -0.05) is 18.5 Å². The lowest BCUT2D eigenvalue weighted by Crippen LogP contribution is -1.93. The summed E-state index contributed by atoms with van der Waals surface area (Å²) in [6.45, 7) is 2.01. The lowest BCUT2D eigenvalue weighted by Gasteiger charge is -2.09. The van der Waals surface area contributed by atoms with Gasteiger partial charge in [0, 0.05) is 15.5 Å². The third-order valence-electron chi connectivity index (χ3n) is 2.91. The van der Waals surface area contributed by atoms with Gasteiger partial charge in [0.05, 0.1) is 12.8 Å². The van der Waals surface area contributed by atoms with Crippen molar-refractivity contribution in [3.05, 3.63) is 33.7 Å². The molecule has 0 radical (unpaired) electrons. The van der Waals surface area contributed by atoms with E-state index < -0.39 is 0 Å². The fourth-order valence-electron chi connectivity index (χ4n) is 1.99. The van der Waals surface area contributed by atoms with Crippen LogP contribution in [-0.2, 0) is 6.42 Å². The third kappa shape index (κ3) is 2.40. The van der Waals surface area contributed by atoms with Crippen LogP contribution < -0.4 is 10.5 Å². The average molecular weight is 293 g/mol. The van der Waals surface area contributed by atoms with Gasteiger partial charge >= 0.3 is 0 Å². The molecule has 0 saturated heterocycles. The maximum atomic E-state index is 9.10. The molecule has 1 aromatic heterocycles. The minimum atomic E-state index is 0.536. The van der Waals surface area contributed by atoms with Crippen molar-refractivity contribution in [3.63, 3.8) is 0 Å². The number of nitrogens with zero attached hydrogens (tertiary/aromatic N) is 1. The summed E-state index contributed by atoms with van der Waals surface area (Å²) in [6, 6.07) is 7.57. The van der Waals surface area contributed by atoms with Crippen LogP contribution in [0.2, 0.25) is 5.02 Å². The predicted octanol–water partition coefficient (Wildman–Crippen LogP) is 4.09. The highest BCUT2D eigenvalue weighted by Gasteiger charge is 2.18. The molecule has 98 valence electrons. The van der Waals surface area contributed by atoms with E-state index >= 15 is 0 Å². The number of rotatable bonds is 3. The molecule has 0 unspecified atom stereocenters. The summed E-state index contributed by atoms with van der Waals surface area (Å²) < 4.78 is 5.36. The monoisotopic (exact) mass is 292 g/mol. The number of benzene rings is 1. The number of methoxy groups -OCH3 is 1. The largest absolute Gasteiger partial charge is 0.496 e. The number of nitriles is 1. The van der Waals surface area contributed by atoms with Gasteiger partial charge in [0.25, 0.3) is 0 Å². The molecule has 2 aromatic rings. The Morgan fingerprint density at radius 1 is 1.47 bits per heavy atom. The second-order valence-electron chi connectivity index (χ2n) is 3.96. The third-order valence-corrected chi connectivity index (χ3v) is 4.33. The molecule has 0 fully saturated rings. The molecule has 1 heterocycles. The SMILES string of the molecule is CCc1c(-c2cc(Cl)ccc2OC)sc(C#N)c1N. The Balaban J connectivity index is 2.72. The minimum absolute atomic E-state index is 0.536. The molecule has 2 rings (SSSR count). The molecule has 1 aromatic carbocycles. The van der Waals surface area contributed by atoms with Crippen molar-refractivity contribution < 1.29 is 4.74 Å². The topological polar surface area (TPSA) is 59.0 Å². The van der Waals surface area contributed by atoms with Crippen molar-refractivity contribution in [2.75, 3.05) is 12.8 Å². The second-order valence-corrected chi connectivity index (χ2v) is 5.42. The van der Waals surface area contributed by atoms with Crippen LogP contribution in [0.15, 0.2) is 18.2 Å². The summed E-state index contributed by atoms with van der Waals surface area (Å²) in [5, 5.41) is 9.73. The van der Waals surface area contributed by atoms with Crippen LogP contribution in [0.5, 0.6) is 5.75 Å². The lowest BCUT2D eigenvalue weighted by atomic mass is 10.1. The molecule has 0 aliphatic rings. The Morgan fingerprint density at radius 2 is 2.21 bits per heavy atom. The second kappa shape index (κ2) is 5.52. The molecule has 0 amide bonds. The van der Waals surface area contributed by atoms with Gasteiger partial charge in [-0.15, -0.1) is 11.3 Å². The van der Waals surface area contributed by atoms with Crippen LogP contribution in [0, 0.1) is 11.3 Å². The number of ether oxygens (including phenoxy) is 1. The Bertz CT molecular complexity index is 658. The Morgan fingerprint density at radius 3 is 2.79 bits per heavy atom. The smallest absolute Gasteiger partial charge is 0.128 e. The molecule has 3 nitrogen and oxygen atoms in total. The maximum absolute atomic E-state index is 9.10. The van der Waals surface area contributed by atoms with Crippen molar-refractivity contribution in [1.29, 1.82) is 5.26 Å². The number of nitrogen functional groups attached to an aromatic ring is 1. The Kier molecular flexibility index (Phi) is 3.98. The molecule has 0 aliphatic carbocycles. The van der Waals surface area contributed by atoms with E-state index in [2.05, 4.69) is 6.07 Å². The van der Waals surface area contributed by atoms with Crippen LogP contribution in [0.25, 0.3) is 10.4 Å². The summed E-state index contributed by atoms with van der Waals surface area (Å²) in [5.41, 5.74) is 8.42. The highest BCUT2D eigenvalue weighted by molar-refractivity contribution is 7.16. The molecule has 0 spiro atoms. The Labute approximate surface area is 121 Å². The fourth-order valence-corrected chi connectivity index (χ4v) is 3.29. The van der Waals surface area contributed by atoms with Gasteiger partial charge in [-0.2, -0.15) is 5.26 Å². The number of hydrogen-bond donors (Lipinski definition) is 1. The molecule has 19 heavy (non-hydrogen) atoms. The van der Waals surface area contributed by atoms with E-state index in [1.165, 1.54) is 11.3 Å². The van der Waals surface area contributed by atoms with Gasteiger partial charge in [-0.25, -0.2) is 0 Å². The molecule has 0 saturated carbocycles. The number of anilines is 1. The van der Waals surface area contributed by atoms with Gasteiger partial charge < -0.3 is 10.5 Å². The number of halogens is 1. The normalized spacial score (nSPS) is 10.2. The van der Waals surface area contributed by atoms with Gasteiger partial charge in [0.1, 0.15) is 16.7 Å². The van der Waals surface area contributed by atoms with Crippen LogP contribution >= 0.6 is 22.9 Å². The first-order chi connectivity index (χ1) is 9.12. The fraction of sp³-hybridized carbons (Fsp3) is 0.214. The minimum Gasteiger partial charge on any atom is -0.496 e. The molecule has 5 heteroatoms. The molecule has 0 atom stereocenters. The highest BCUT2D eigenvalue weighted by Crippen LogP contribution is 2.43. The lowest BCUT2D eigenvalue weighted by molar-refractivity contribution is 0.416. The molecule has 0 bridgehead atoms. The summed E-state index contributed by atoms with van der Waals surface area (Å²) in [4.78, 5) is 1.49. The zero-order valence-electron chi connectivity index (χ0n) is 10.7. The molecular weight excluding hydrogens is 280 g/mol. The van der Waals surface area contributed by atoms with Crippen LogP contribution in [0.3, 0.4) is 0 Å².